The molecule has 0 aromatic carbocycles. The summed E-state index contributed by atoms with van der Waals surface area (Å²) in [5.74, 6) is 0. The summed E-state index contributed by atoms with van der Waals surface area (Å²) in [7, 11) is 0. The summed E-state index contributed by atoms with van der Waals surface area (Å²) in [5, 5.41) is 0. The van der Waals surface area contributed by atoms with Crippen molar-refractivity contribution in [2.75, 3.05) is 0 Å². The summed E-state index contributed by atoms with van der Waals surface area (Å²) in [6.07, 6.45) is 6.80. The molecule has 0 saturated carbocycles. The molecule has 2 atom stereocenters. The Morgan fingerprint density at radius 3 is 2.12 bits per heavy atom. The van der Waals surface area contributed by atoms with Gasteiger partial charge in [0.25, 0.3) is 0 Å². The van der Waals surface area contributed by atoms with Crippen LogP contribution in [0, 0.1) is 0 Å². The number of hydrogen-bond acceptors (Lipinski definition) is 2. The molecule has 1 aliphatic heterocycles. The molecule has 0 aromatic rings. The Labute approximate surface area is 99.3 Å². The molecule has 1 fully saturated rings. The fraction of sp³-hybridized carbons (Fsp3) is 0.714. The first-order chi connectivity index (χ1) is 7.49. The van der Waals surface area contributed by atoms with Crippen molar-refractivity contribution in [1.82, 2.24) is 0 Å². The van der Waals surface area contributed by atoms with E-state index in [4.69, 9.17) is 9.47 Å². The molecule has 0 aliphatic carbocycles. The second kappa shape index (κ2) is 6.21. The number of ether oxygens (including phenoxy) is 2. The minimum absolute atomic E-state index is 0.142. The van der Waals surface area contributed by atoms with Crippen LogP contribution in [0.25, 0.3) is 0 Å². The lowest BCUT2D eigenvalue weighted by Gasteiger charge is -2.06. The van der Waals surface area contributed by atoms with Crippen molar-refractivity contribution in [3.8, 4) is 0 Å². The van der Waals surface area contributed by atoms with E-state index < -0.39 is 0 Å². The smallest absolute Gasteiger partial charge is 0.177 e. The number of hydrogen-bond donors (Lipinski definition) is 0. The van der Waals surface area contributed by atoms with Gasteiger partial charge in [0.05, 0.1) is 12.2 Å². The number of rotatable bonds is 4. The van der Waals surface area contributed by atoms with Crippen molar-refractivity contribution in [1.29, 1.82) is 0 Å². The van der Waals surface area contributed by atoms with Crippen molar-refractivity contribution in [3.63, 3.8) is 0 Å². The van der Waals surface area contributed by atoms with Crippen LogP contribution in [0.1, 0.15) is 47.5 Å². The van der Waals surface area contributed by atoms with Gasteiger partial charge in [-0.15, -0.1) is 0 Å². The fourth-order valence-electron chi connectivity index (χ4n) is 1.66. The molecule has 1 rings (SSSR count). The largest absolute Gasteiger partial charge is 0.343 e. The van der Waals surface area contributed by atoms with Gasteiger partial charge in [0.15, 0.2) is 6.29 Å². The Morgan fingerprint density at radius 1 is 1.06 bits per heavy atom. The predicted molar refractivity (Wildman–Crippen MR) is 67.3 cm³/mol. The highest BCUT2D eigenvalue weighted by molar-refractivity contribution is 5.04. The van der Waals surface area contributed by atoms with Gasteiger partial charge in [0, 0.05) is 0 Å². The molecule has 1 aliphatic rings. The van der Waals surface area contributed by atoms with E-state index in [1.165, 1.54) is 11.1 Å². The number of allylic oxidation sites excluding steroid dienone is 3. The Kier molecular flexibility index (Phi) is 5.23. The van der Waals surface area contributed by atoms with Gasteiger partial charge in [-0.2, -0.15) is 0 Å². The minimum atomic E-state index is -0.142. The highest BCUT2D eigenvalue weighted by Crippen LogP contribution is 2.21. The lowest BCUT2D eigenvalue weighted by molar-refractivity contribution is -0.0249. The van der Waals surface area contributed by atoms with Gasteiger partial charge in [-0.1, -0.05) is 17.2 Å². The van der Waals surface area contributed by atoms with Crippen molar-refractivity contribution in [3.05, 3.63) is 23.3 Å². The molecule has 0 radical (unpaired) electrons. The fourth-order valence-corrected chi connectivity index (χ4v) is 1.66. The summed E-state index contributed by atoms with van der Waals surface area (Å²) in [6.45, 7) is 10.5. The monoisotopic (exact) mass is 224 g/mol. The third kappa shape index (κ3) is 4.50. The average molecular weight is 224 g/mol. The van der Waals surface area contributed by atoms with E-state index in [-0.39, 0.29) is 18.5 Å². The van der Waals surface area contributed by atoms with E-state index in [0.29, 0.717) is 0 Å². The summed E-state index contributed by atoms with van der Waals surface area (Å²) in [6, 6.07) is 0. The highest BCUT2D eigenvalue weighted by Gasteiger charge is 2.27. The normalized spacial score (nSPS) is 27.2. The van der Waals surface area contributed by atoms with Crippen LogP contribution < -0.4 is 0 Å². The molecule has 2 nitrogen and oxygen atoms in total. The summed E-state index contributed by atoms with van der Waals surface area (Å²) >= 11 is 0. The maximum Gasteiger partial charge on any atom is 0.177 e. The first-order valence-electron chi connectivity index (χ1n) is 6.10. The van der Waals surface area contributed by atoms with Crippen LogP contribution in [-0.4, -0.2) is 18.5 Å². The Balaban J connectivity index is 2.36. The topological polar surface area (TPSA) is 18.5 Å². The van der Waals surface area contributed by atoms with E-state index in [1.807, 2.05) is 0 Å². The molecule has 0 bridgehead atoms. The molecular formula is C14H24O2. The molecule has 92 valence electrons. The second-order valence-electron chi connectivity index (χ2n) is 4.88. The maximum absolute atomic E-state index is 5.66. The van der Waals surface area contributed by atoms with Gasteiger partial charge >= 0.3 is 0 Å². The summed E-state index contributed by atoms with van der Waals surface area (Å²) in [5.41, 5.74) is 2.72. The molecule has 0 N–H and O–H groups in total. The van der Waals surface area contributed by atoms with Crippen molar-refractivity contribution in [2.45, 2.75) is 66.0 Å². The molecular weight excluding hydrogens is 200 g/mol. The SMILES string of the molecule is CC(C)=CCC/C(C)=C\C1O[C@@H](C)[C@H](C)O1. The van der Waals surface area contributed by atoms with Gasteiger partial charge in [-0.3, -0.25) is 0 Å². The molecule has 2 heteroatoms. The zero-order valence-corrected chi connectivity index (χ0v) is 11.1. The van der Waals surface area contributed by atoms with Crippen molar-refractivity contribution >= 4 is 0 Å². The third-order valence-electron chi connectivity index (χ3n) is 2.87. The zero-order valence-electron chi connectivity index (χ0n) is 11.1. The maximum atomic E-state index is 5.66. The molecule has 0 unspecified atom stereocenters. The van der Waals surface area contributed by atoms with E-state index in [1.54, 1.807) is 0 Å². The first-order valence-corrected chi connectivity index (χ1v) is 6.10. The summed E-state index contributed by atoms with van der Waals surface area (Å²) < 4.78 is 11.3. The third-order valence-corrected chi connectivity index (χ3v) is 2.87. The van der Waals surface area contributed by atoms with Crippen LogP contribution in [0.5, 0.6) is 0 Å². The lowest BCUT2D eigenvalue weighted by atomic mass is 10.1. The standard InChI is InChI=1S/C14H24O2/c1-10(2)7-6-8-11(3)9-14-15-12(4)13(5)16-14/h7,9,12-14H,6,8H2,1-5H3/b11-9-/t12-,13-/m0/s1. The molecule has 0 amide bonds. The van der Waals surface area contributed by atoms with Crippen LogP contribution in [0.4, 0.5) is 0 Å². The lowest BCUT2D eigenvalue weighted by Crippen LogP contribution is -2.13. The van der Waals surface area contributed by atoms with E-state index in [2.05, 4.69) is 46.8 Å². The Bertz CT molecular complexity index is 264. The first kappa shape index (κ1) is 13.5. The molecule has 0 aromatic heterocycles. The van der Waals surface area contributed by atoms with Crippen LogP contribution in [0.15, 0.2) is 23.3 Å². The minimum Gasteiger partial charge on any atom is -0.343 e. The van der Waals surface area contributed by atoms with E-state index in [9.17, 15) is 0 Å². The van der Waals surface area contributed by atoms with Crippen LogP contribution in [-0.2, 0) is 9.47 Å². The zero-order chi connectivity index (χ0) is 12.1. The van der Waals surface area contributed by atoms with Crippen molar-refractivity contribution in [2.24, 2.45) is 0 Å². The molecule has 1 saturated heterocycles. The Morgan fingerprint density at radius 2 is 1.62 bits per heavy atom. The average Bonchev–Trinajstić information content (AvgIpc) is 2.44. The quantitative estimate of drug-likeness (QED) is 0.676. The van der Waals surface area contributed by atoms with Crippen LogP contribution in [0.2, 0.25) is 0 Å². The van der Waals surface area contributed by atoms with Gasteiger partial charge in [0.1, 0.15) is 0 Å². The van der Waals surface area contributed by atoms with Crippen molar-refractivity contribution < 1.29 is 9.47 Å². The highest BCUT2D eigenvalue weighted by atomic mass is 16.7. The predicted octanol–water partition coefficient (Wildman–Crippen LogP) is 3.83. The van der Waals surface area contributed by atoms with E-state index in [0.717, 1.165) is 12.8 Å². The molecule has 1 heterocycles. The van der Waals surface area contributed by atoms with Crippen LogP contribution >= 0.6 is 0 Å². The van der Waals surface area contributed by atoms with Gasteiger partial charge in [0.2, 0.25) is 0 Å². The van der Waals surface area contributed by atoms with Crippen LogP contribution in [0.3, 0.4) is 0 Å². The summed E-state index contributed by atoms with van der Waals surface area (Å²) in [4.78, 5) is 0. The van der Waals surface area contributed by atoms with Gasteiger partial charge in [-0.05, 0) is 53.5 Å². The molecule has 16 heavy (non-hydrogen) atoms. The molecule has 0 spiro atoms. The Hall–Kier alpha value is -0.600. The van der Waals surface area contributed by atoms with Gasteiger partial charge in [-0.25, -0.2) is 0 Å². The second-order valence-corrected chi connectivity index (χ2v) is 4.88. The van der Waals surface area contributed by atoms with Gasteiger partial charge < -0.3 is 9.47 Å². The van der Waals surface area contributed by atoms with E-state index >= 15 is 0 Å².